The largest absolute Gasteiger partial charge is 0.497 e. The Bertz CT molecular complexity index is 674. The molecule has 0 atom stereocenters. The fraction of sp³-hybridized carbons (Fsp3) is 0.125. The number of benzene rings is 2. The molecule has 2 N–H and O–H groups in total. The Morgan fingerprint density at radius 1 is 1.27 bits per heavy atom. The number of para-hydroxylation sites is 1. The first kappa shape index (κ1) is 15.9. The van der Waals surface area contributed by atoms with Crippen LogP contribution in [0.3, 0.4) is 0 Å². The maximum Gasteiger partial charge on any atom is 0.259 e. The van der Waals surface area contributed by atoms with Crippen LogP contribution in [-0.2, 0) is 4.79 Å². The fourth-order valence-corrected chi connectivity index (χ4v) is 1.92. The second-order valence-corrected chi connectivity index (χ2v) is 4.81. The van der Waals surface area contributed by atoms with Crippen molar-refractivity contribution in [1.82, 2.24) is 5.43 Å². The first-order valence-corrected chi connectivity index (χ1v) is 7.01. The summed E-state index contributed by atoms with van der Waals surface area (Å²) in [6, 6.07) is 14.6. The van der Waals surface area contributed by atoms with Gasteiger partial charge in [-0.1, -0.05) is 35.9 Å². The van der Waals surface area contributed by atoms with E-state index in [1.807, 2.05) is 36.4 Å². The zero-order valence-electron chi connectivity index (χ0n) is 12.0. The highest BCUT2D eigenvalue weighted by Crippen LogP contribution is 2.19. The van der Waals surface area contributed by atoms with Gasteiger partial charge in [0.2, 0.25) is 0 Å². The van der Waals surface area contributed by atoms with Crippen LogP contribution in [0, 0.1) is 0 Å². The predicted molar refractivity (Wildman–Crippen MR) is 88.7 cm³/mol. The normalized spacial score (nSPS) is 10.5. The maximum absolute atomic E-state index is 11.7. The molecule has 2 rings (SSSR count). The minimum atomic E-state index is -0.265. The van der Waals surface area contributed by atoms with Crippen molar-refractivity contribution in [3.63, 3.8) is 0 Å². The Morgan fingerprint density at radius 3 is 2.86 bits per heavy atom. The van der Waals surface area contributed by atoms with Crippen molar-refractivity contribution >= 4 is 29.4 Å². The number of rotatable bonds is 6. The van der Waals surface area contributed by atoms with Crippen LogP contribution in [0.2, 0.25) is 5.02 Å². The number of hydrazone groups is 1. The van der Waals surface area contributed by atoms with Gasteiger partial charge in [-0.2, -0.15) is 5.10 Å². The molecule has 1 amide bonds. The van der Waals surface area contributed by atoms with Crippen LogP contribution in [0.4, 0.5) is 5.69 Å². The molecular formula is C16H16ClN3O2. The van der Waals surface area contributed by atoms with Crippen molar-refractivity contribution in [3.8, 4) is 5.75 Å². The Kier molecular flexibility index (Phi) is 5.80. The summed E-state index contributed by atoms with van der Waals surface area (Å²) >= 11 is 5.98. The molecule has 114 valence electrons. The van der Waals surface area contributed by atoms with Crippen molar-refractivity contribution in [2.24, 2.45) is 5.10 Å². The van der Waals surface area contributed by atoms with Gasteiger partial charge in [-0.3, -0.25) is 4.79 Å². The van der Waals surface area contributed by atoms with E-state index in [0.717, 1.165) is 11.3 Å². The topological polar surface area (TPSA) is 62.7 Å². The molecule has 0 spiro atoms. The van der Waals surface area contributed by atoms with E-state index in [1.165, 1.54) is 0 Å². The molecule has 0 bridgehead atoms. The summed E-state index contributed by atoms with van der Waals surface area (Å²) in [6.07, 6.45) is 1.55. The maximum atomic E-state index is 11.7. The van der Waals surface area contributed by atoms with Crippen molar-refractivity contribution in [2.45, 2.75) is 0 Å². The number of nitrogens with one attached hydrogen (secondary N) is 2. The highest BCUT2D eigenvalue weighted by atomic mass is 35.5. The van der Waals surface area contributed by atoms with Crippen LogP contribution >= 0.6 is 11.6 Å². The zero-order valence-corrected chi connectivity index (χ0v) is 12.8. The van der Waals surface area contributed by atoms with E-state index in [1.54, 1.807) is 25.5 Å². The van der Waals surface area contributed by atoms with E-state index in [0.29, 0.717) is 10.7 Å². The Hall–Kier alpha value is -2.53. The van der Waals surface area contributed by atoms with Gasteiger partial charge >= 0.3 is 0 Å². The zero-order chi connectivity index (χ0) is 15.8. The highest BCUT2D eigenvalue weighted by Gasteiger charge is 2.02. The molecule has 2 aromatic rings. The van der Waals surface area contributed by atoms with Gasteiger partial charge < -0.3 is 10.1 Å². The third kappa shape index (κ3) is 4.79. The van der Waals surface area contributed by atoms with Gasteiger partial charge in [-0.15, -0.1) is 0 Å². The molecule has 0 heterocycles. The molecule has 0 saturated heterocycles. The van der Waals surface area contributed by atoms with Crippen LogP contribution in [0.1, 0.15) is 5.56 Å². The SMILES string of the molecule is COc1cccc(/C=N/NC(=O)CNc2ccccc2Cl)c1. The third-order valence-corrected chi connectivity index (χ3v) is 3.14. The molecule has 5 nitrogen and oxygen atoms in total. The standard InChI is InChI=1S/C16H16ClN3O2/c1-22-13-6-4-5-12(9-13)10-19-20-16(21)11-18-15-8-3-2-7-14(15)17/h2-10,18H,11H2,1H3,(H,20,21)/b19-10+. The van der Waals surface area contributed by atoms with Gasteiger partial charge in [0.1, 0.15) is 5.75 Å². The molecule has 22 heavy (non-hydrogen) atoms. The first-order chi connectivity index (χ1) is 10.7. The molecule has 0 unspecified atom stereocenters. The third-order valence-electron chi connectivity index (χ3n) is 2.81. The number of methoxy groups -OCH3 is 1. The first-order valence-electron chi connectivity index (χ1n) is 6.63. The van der Waals surface area contributed by atoms with E-state index >= 15 is 0 Å². The Labute approximate surface area is 133 Å². The van der Waals surface area contributed by atoms with Crippen LogP contribution in [0.5, 0.6) is 5.75 Å². The lowest BCUT2D eigenvalue weighted by atomic mass is 10.2. The highest BCUT2D eigenvalue weighted by molar-refractivity contribution is 6.33. The average Bonchev–Trinajstić information content (AvgIpc) is 2.54. The van der Waals surface area contributed by atoms with Crippen molar-refractivity contribution in [1.29, 1.82) is 0 Å². The molecule has 0 fully saturated rings. The number of hydrogen-bond acceptors (Lipinski definition) is 4. The van der Waals surface area contributed by atoms with Gasteiger partial charge in [0.15, 0.2) is 0 Å². The average molecular weight is 318 g/mol. The van der Waals surface area contributed by atoms with Crippen LogP contribution < -0.4 is 15.5 Å². The molecule has 0 radical (unpaired) electrons. The number of carbonyl (C=O) groups is 1. The minimum Gasteiger partial charge on any atom is -0.497 e. The quantitative estimate of drug-likeness (QED) is 0.636. The van der Waals surface area contributed by atoms with Crippen LogP contribution in [0.25, 0.3) is 0 Å². The van der Waals surface area contributed by atoms with Gasteiger partial charge in [-0.25, -0.2) is 5.43 Å². The number of carbonyl (C=O) groups excluding carboxylic acids is 1. The van der Waals surface area contributed by atoms with E-state index in [2.05, 4.69) is 15.8 Å². The summed E-state index contributed by atoms with van der Waals surface area (Å²) in [5.74, 6) is 0.467. The van der Waals surface area contributed by atoms with Crippen LogP contribution in [0.15, 0.2) is 53.6 Å². The summed E-state index contributed by atoms with van der Waals surface area (Å²) in [7, 11) is 1.60. The van der Waals surface area contributed by atoms with Crippen molar-refractivity contribution in [3.05, 3.63) is 59.1 Å². The number of nitrogens with zero attached hydrogens (tertiary/aromatic N) is 1. The monoisotopic (exact) mass is 317 g/mol. The van der Waals surface area contributed by atoms with Gasteiger partial charge in [-0.05, 0) is 29.8 Å². The molecular weight excluding hydrogens is 302 g/mol. The molecule has 0 aromatic heterocycles. The predicted octanol–water partition coefficient (Wildman–Crippen LogP) is 2.91. The number of halogens is 1. The van der Waals surface area contributed by atoms with Gasteiger partial charge in [0, 0.05) is 0 Å². The van der Waals surface area contributed by atoms with E-state index in [4.69, 9.17) is 16.3 Å². The van der Waals surface area contributed by atoms with E-state index in [-0.39, 0.29) is 12.5 Å². The summed E-state index contributed by atoms with van der Waals surface area (Å²) in [4.78, 5) is 11.7. The fourth-order valence-electron chi connectivity index (χ4n) is 1.72. The molecule has 2 aromatic carbocycles. The Balaban J connectivity index is 1.82. The number of anilines is 1. The van der Waals surface area contributed by atoms with Crippen LogP contribution in [-0.4, -0.2) is 25.8 Å². The van der Waals surface area contributed by atoms with Gasteiger partial charge in [0.25, 0.3) is 5.91 Å². The smallest absolute Gasteiger partial charge is 0.259 e. The van der Waals surface area contributed by atoms with E-state index in [9.17, 15) is 4.79 Å². The number of hydrogen-bond donors (Lipinski definition) is 2. The second kappa shape index (κ2) is 8.05. The second-order valence-electron chi connectivity index (χ2n) is 4.40. The molecule has 0 aliphatic carbocycles. The number of amides is 1. The molecule has 0 aliphatic rings. The molecule has 6 heteroatoms. The minimum absolute atomic E-state index is 0.0825. The lowest BCUT2D eigenvalue weighted by Crippen LogP contribution is -2.25. The van der Waals surface area contributed by atoms with Gasteiger partial charge in [0.05, 0.1) is 30.6 Å². The molecule has 0 aliphatic heterocycles. The Morgan fingerprint density at radius 2 is 2.09 bits per heavy atom. The van der Waals surface area contributed by atoms with E-state index < -0.39 is 0 Å². The van der Waals surface area contributed by atoms with Crippen molar-refractivity contribution in [2.75, 3.05) is 19.0 Å². The molecule has 0 saturated carbocycles. The van der Waals surface area contributed by atoms with Crippen molar-refractivity contribution < 1.29 is 9.53 Å². The summed E-state index contributed by atoms with van der Waals surface area (Å²) in [5.41, 5.74) is 3.98. The summed E-state index contributed by atoms with van der Waals surface area (Å²) in [5, 5.41) is 7.41. The lowest BCUT2D eigenvalue weighted by molar-refractivity contribution is -0.119. The number of ether oxygens (including phenoxy) is 1. The lowest BCUT2D eigenvalue weighted by Gasteiger charge is -2.06. The summed E-state index contributed by atoms with van der Waals surface area (Å²) in [6.45, 7) is 0.0825. The summed E-state index contributed by atoms with van der Waals surface area (Å²) < 4.78 is 5.11.